The van der Waals surface area contributed by atoms with Crippen LogP contribution in [0.1, 0.15) is 32.0 Å². The summed E-state index contributed by atoms with van der Waals surface area (Å²) in [4.78, 5) is 6.36. The van der Waals surface area contributed by atoms with Crippen LogP contribution in [0.3, 0.4) is 0 Å². The molecule has 0 radical (unpaired) electrons. The third-order valence-corrected chi connectivity index (χ3v) is 17.8. The number of aryl methyl sites for hydroxylation is 2. The van der Waals surface area contributed by atoms with Gasteiger partial charge in [-0.05, 0) is 306 Å². The fourth-order valence-corrected chi connectivity index (χ4v) is 14.5. The molecule has 368 valence electrons. The first-order valence-corrected chi connectivity index (χ1v) is 28.2. The second kappa shape index (κ2) is 23.8. The van der Waals surface area contributed by atoms with Gasteiger partial charge in [0.05, 0.1) is 0 Å². The van der Waals surface area contributed by atoms with Crippen LogP contribution in [0.15, 0.2) is 84.9 Å². The van der Waals surface area contributed by atoms with Gasteiger partial charge >= 0.3 is 0 Å². The highest BCUT2D eigenvalue weighted by atomic mass is 32.1. The smallest absolute Gasteiger partial charge is 0.141 e. The summed E-state index contributed by atoms with van der Waals surface area (Å²) in [5.41, 5.74) is 2.66. The fraction of sp³-hybridized carbons (Fsp3) is 0.0500. The molecule has 84 heavy (non-hydrogen) atoms. The summed E-state index contributed by atoms with van der Waals surface area (Å²) in [6, 6.07) is 31.3. The van der Waals surface area contributed by atoms with Gasteiger partial charge in [-0.15, -0.1) is 71.0 Å². The third kappa shape index (κ3) is 10.1. The van der Waals surface area contributed by atoms with Crippen molar-refractivity contribution in [3.63, 3.8) is 0 Å². The van der Waals surface area contributed by atoms with E-state index in [0.29, 0.717) is 0 Å². The highest BCUT2D eigenvalue weighted by Gasteiger charge is 2.49. The molecule has 0 bridgehead atoms. The van der Waals surface area contributed by atoms with E-state index in [0.717, 1.165) is 67.9 Å². The lowest BCUT2D eigenvalue weighted by molar-refractivity contribution is 0.905. The molecule has 5 aromatic carbocycles. The number of rotatable bonds is 1. The lowest BCUT2D eigenvalue weighted by atomic mass is 9.76. The van der Waals surface area contributed by atoms with Crippen molar-refractivity contribution in [2.24, 2.45) is 0 Å². The van der Waals surface area contributed by atoms with E-state index in [-0.39, 0.29) is 0 Å². The Morgan fingerprint density at radius 3 is 1.00 bits per heavy atom. The number of hydrogen-bond donors (Lipinski definition) is 0. The molecule has 0 fully saturated rings. The topological polar surface area (TPSA) is 0 Å². The van der Waals surface area contributed by atoms with Crippen LogP contribution >= 0.6 is 45.3 Å². The minimum atomic E-state index is -1.28. The normalized spacial score (nSPS) is 10.5. The minimum Gasteiger partial charge on any atom is -0.141 e. The van der Waals surface area contributed by atoms with Crippen molar-refractivity contribution in [1.82, 2.24) is 0 Å². The van der Waals surface area contributed by atoms with E-state index in [4.69, 9.17) is 25.7 Å². The van der Waals surface area contributed by atoms with Crippen LogP contribution in [0.5, 0.6) is 0 Å². The molecule has 4 aromatic heterocycles. The highest BCUT2D eigenvalue weighted by molar-refractivity contribution is 7.27. The van der Waals surface area contributed by atoms with E-state index < -0.39 is 10.8 Å². The molecule has 0 nitrogen and oxygen atoms in total. The van der Waals surface area contributed by atoms with Gasteiger partial charge in [-0.2, -0.15) is 0 Å². The van der Waals surface area contributed by atoms with Crippen molar-refractivity contribution >= 4 is 97.8 Å². The standard InChI is InChI=1S/C80H24S4/c1-7-11-15-19-23-27-31-35-47-79(48-36-32-28-24-20-16-12-8-2)69-54-68-70(53-67(69)77-71(79)52-58(6)82-77)80(49-37-33-29-25-21-17-13-9-3,50-38-34-30-26-22-18-14-10-4)72-56-76(84-78(68)72)75-55-66-64-42-40-59-60(62(64)44-46-74(66)83-75)39-41-63-61(59)43-45-73-65(63)51-57(5)81-73/h1-4,39-46,51-56H,5-6H3. The van der Waals surface area contributed by atoms with Crippen molar-refractivity contribution < 1.29 is 0 Å². The molecule has 0 amide bonds. The minimum absolute atomic E-state index is 0.825. The molecule has 2 aliphatic rings. The summed E-state index contributed by atoms with van der Waals surface area (Å²) in [6.07, 6.45) is 21.1. The second-order valence-electron chi connectivity index (χ2n) is 17.8. The largest absolute Gasteiger partial charge is 0.146 e. The second-order valence-corrected chi connectivity index (χ2v) is 22.5. The molecule has 11 rings (SSSR count). The Morgan fingerprint density at radius 1 is 0.274 bits per heavy atom. The van der Waals surface area contributed by atoms with Gasteiger partial charge in [0, 0.05) is 60.6 Å². The SMILES string of the molecule is C#CC#CC#CC#CC#CC1(C#CC#CC#CC#CC#C)c2cc3c(cc2-c2sc(C)cc21)C(C#CC#CC#CC#CC#C)(C#CC#CC#CC#CC#C)c1cc(-c2cc4c(ccc5c4ccc4c6ccc7sc(C)cc7c6ccc54)s2)sc1-3. The predicted octanol–water partition coefficient (Wildman–Crippen LogP) is 13.1. The van der Waals surface area contributed by atoms with Crippen molar-refractivity contribution in [2.45, 2.75) is 24.7 Å². The van der Waals surface area contributed by atoms with E-state index in [1.165, 1.54) is 47.3 Å². The quantitative estimate of drug-likeness (QED) is 0.114. The third-order valence-electron chi connectivity index (χ3n) is 13.2. The average Bonchev–Trinajstić information content (AvgIpc) is 1.81. The van der Waals surface area contributed by atoms with Crippen LogP contribution < -0.4 is 0 Å². The zero-order chi connectivity index (χ0) is 57.9. The maximum atomic E-state index is 5.30. The number of benzene rings is 5. The number of terminal acetylenes is 4. The Bertz CT molecular complexity index is 5700. The first-order valence-electron chi connectivity index (χ1n) is 24.9. The molecule has 2 aliphatic carbocycles. The van der Waals surface area contributed by atoms with Gasteiger partial charge in [-0.1, -0.05) is 60.1 Å². The molecule has 9 aromatic rings. The first kappa shape index (κ1) is 53.4. The first-order chi connectivity index (χ1) is 41.3. The van der Waals surface area contributed by atoms with Crippen LogP contribution in [0.2, 0.25) is 0 Å². The van der Waals surface area contributed by atoms with Gasteiger partial charge in [0.2, 0.25) is 0 Å². The van der Waals surface area contributed by atoms with Crippen molar-refractivity contribution in [3.8, 4) is 269 Å². The Morgan fingerprint density at radius 2 is 0.583 bits per heavy atom. The summed E-state index contributed by atoms with van der Waals surface area (Å²) in [7, 11) is 0. The van der Waals surface area contributed by atoms with Gasteiger partial charge < -0.3 is 0 Å². The number of fused-ring (bicyclic) bond motifs is 15. The van der Waals surface area contributed by atoms with Gasteiger partial charge in [-0.3, -0.25) is 0 Å². The maximum absolute atomic E-state index is 5.30. The van der Waals surface area contributed by atoms with E-state index in [2.05, 4.69) is 305 Å². The predicted molar refractivity (Wildman–Crippen MR) is 353 cm³/mol. The molecule has 0 aliphatic heterocycles. The lowest BCUT2D eigenvalue weighted by Crippen LogP contribution is -2.22. The Labute approximate surface area is 505 Å². The van der Waals surface area contributed by atoms with Crippen LogP contribution in [-0.4, -0.2) is 0 Å². The molecule has 0 saturated carbocycles. The summed E-state index contributed by atoms with van der Waals surface area (Å²) >= 11 is 6.85. The number of thiophene rings is 4. The van der Waals surface area contributed by atoms with Crippen molar-refractivity contribution in [1.29, 1.82) is 0 Å². The van der Waals surface area contributed by atoms with Crippen LogP contribution in [-0.2, 0) is 10.8 Å². The monoisotopic (exact) mass is 1110 g/mol. The maximum Gasteiger partial charge on any atom is 0.146 e. The molecular formula is C80H24S4. The number of hydrogen-bond acceptors (Lipinski definition) is 4. The Balaban J connectivity index is 1.14. The van der Waals surface area contributed by atoms with Gasteiger partial charge in [0.15, 0.2) is 0 Å². The Hall–Kier alpha value is -12.6. The zero-order valence-electron chi connectivity index (χ0n) is 44.0. The van der Waals surface area contributed by atoms with Gasteiger partial charge in [-0.25, -0.2) is 0 Å². The lowest BCUT2D eigenvalue weighted by Gasteiger charge is -2.22. The molecule has 0 N–H and O–H groups in total. The summed E-state index contributed by atoms with van der Waals surface area (Å²) in [5.74, 6) is 99.8. The fourth-order valence-electron chi connectivity index (χ4n) is 10.1. The molecular weight excluding hydrogens is 1090 g/mol. The summed E-state index contributed by atoms with van der Waals surface area (Å²) in [5, 5.41) is 9.76. The highest BCUT2D eigenvalue weighted by Crippen LogP contribution is 2.60. The molecule has 0 saturated heterocycles. The zero-order valence-corrected chi connectivity index (χ0v) is 47.3. The van der Waals surface area contributed by atoms with Crippen LogP contribution in [0, 0.1) is 253 Å². The van der Waals surface area contributed by atoms with E-state index >= 15 is 0 Å². The molecule has 0 atom stereocenters. The van der Waals surface area contributed by atoms with E-state index in [9.17, 15) is 0 Å². The summed E-state index contributed by atoms with van der Waals surface area (Å²) in [6.45, 7) is 4.21. The Kier molecular flexibility index (Phi) is 15.1. The van der Waals surface area contributed by atoms with Crippen molar-refractivity contribution in [2.75, 3.05) is 0 Å². The molecule has 0 unspecified atom stereocenters. The average molecular weight is 1110 g/mol. The van der Waals surface area contributed by atoms with E-state index in [1.54, 1.807) is 34.0 Å². The molecule has 4 heterocycles. The van der Waals surface area contributed by atoms with E-state index in [1.807, 2.05) is 18.3 Å². The van der Waals surface area contributed by atoms with Gasteiger partial charge in [0.25, 0.3) is 0 Å². The molecule has 4 heteroatoms. The summed E-state index contributed by atoms with van der Waals surface area (Å²) < 4.78 is 2.45. The van der Waals surface area contributed by atoms with Gasteiger partial charge in [0.1, 0.15) is 10.8 Å². The molecule has 0 spiro atoms. The van der Waals surface area contributed by atoms with Crippen LogP contribution in [0.4, 0.5) is 0 Å². The van der Waals surface area contributed by atoms with Crippen LogP contribution in [0.25, 0.3) is 83.1 Å². The van der Waals surface area contributed by atoms with Crippen molar-refractivity contribution in [3.05, 3.63) is 117 Å².